The van der Waals surface area contributed by atoms with Crippen LogP contribution in [0.4, 0.5) is 0 Å². The Morgan fingerprint density at radius 1 is 1.12 bits per heavy atom. The predicted octanol–water partition coefficient (Wildman–Crippen LogP) is 3.55. The van der Waals surface area contributed by atoms with E-state index in [0.29, 0.717) is 12.0 Å². The molecule has 2 aliphatic rings. The standard InChI is InChI=1S/C21H31N3O2/c25-20(10-4-8-17-6-2-1-3-7-17)24-14-11-19(12-15-24)23-21(26)18-9-5-13-22-16-18/h5,9,13,16-17,19H,1-4,6-8,10-12,14-15H2,(H,23,26). The van der Waals surface area contributed by atoms with Gasteiger partial charge in [-0.3, -0.25) is 14.6 Å². The van der Waals surface area contributed by atoms with Gasteiger partial charge in [0.1, 0.15) is 0 Å². The zero-order valence-corrected chi connectivity index (χ0v) is 15.7. The van der Waals surface area contributed by atoms with E-state index in [2.05, 4.69) is 10.3 Å². The molecule has 0 bridgehead atoms. The highest BCUT2D eigenvalue weighted by atomic mass is 16.2. The van der Waals surface area contributed by atoms with Crippen molar-refractivity contribution in [1.82, 2.24) is 15.2 Å². The Balaban J connectivity index is 1.33. The molecular formula is C21H31N3O2. The Morgan fingerprint density at radius 2 is 1.88 bits per heavy atom. The molecule has 5 heteroatoms. The Kier molecular flexibility index (Phi) is 7.04. The summed E-state index contributed by atoms with van der Waals surface area (Å²) in [5.41, 5.74) is 0.591. The maximum absolute atomic E-state index is 12.4. The highest BCUT2D eigenvalue weighted by molar-refractivity contribution is 5.94. The summed E-state index contributed by atoms with van der Waals surface area (Å²) in [5, 5.41) is 3.06. The third-order valence-corrected chi connectivity index (χ3v) is 5.83. The van der Waals surface area contributed by atoms with Gasteiger partial charge in [-0.2, -0.15) is 0 Å². The molecule has 142 valence electrons. The van der Waals surface area contributed by atoms with Gasteiger partial charge in [0, 0.05) is 37.9 Å². The lowest BCUT2D eigenvalue weighted by molar-refractivity contribution is -0.132. The van der Waals surface area contributed by atoms with Crippen LogP contribution in [0.15, 0.2) is 24.5 Å². The summed E-state index contributed by atoms with van der Waals surface area (Å²) in [6.07, 6.45) is 14.7. The third kappa shape index (κ3) is 5.55. The van der Waals surface area contributed by atoms with Crippen molar-refractivity contribution in [2.24, 2.45) is 5.92 Å². The van der Waals surface area contributed by atoms with Gasteiger partial charge in [-0.1, -0.05) is 32.1 Å². The number of nitrogens with one attached hydrogen (secondary N) is 1. The van der Waals surface area contributed by atoms with Crippen molar-refractivity contribution in [2.45, 2.75) is 70.3 Å². The van der Waals surface area contributed by atoms with E-state index in [-0.39, 0.29) is 17.9 Å². The van der Waals surface area contributed by atoms with E-state index in [1.165, 1.54) is 38.5 Å². The predicted molar refractivity (Wildman–Crippen MR) is 102 cm³/mol. The molecule has 1 aromatic heterocycles. The molecule has 0 aromatic carbocycles. The molecule has 1 aliphatic heterocycles. The lowest BCUT2D eigenvalue weighted by Crippen LogP contribution is -2.46. The van der Waals surface area contributed by atoms with Crippen LogP contribution in [0.2, 0.25) is 0 Å². The lowest BCUT2D eigenvalue weighted by Gasteiger charge is -2.32. The first kappa shape index (κ1) is 18.9. The molecule has 1 saturated carbocycles. The number of carbonyl (C=O) groups is 2. The van der Waals surface area contributed by atoms with E-state index in [9.17, 15) is 9.59 Å². The number of likely N-dealkylation sites (tertiary alicyclic amines) is 1. The van der Waals surface area contributed by atoms with Crippen molar-refractivity contribution in [3.8, 4) is 0 Å². The minimum Gasteiger partial charge on any atom is -0.349 e. The van der Waals surface area contributed by atoms with Crippen LogP contribution < -0.4 is 5.32 Å². The van der Waals surface area contributed by atoms with Crippen molar-refractivity contribution in [3.63, 3.8) is 0 Å². The van der Waals surface area contributed by atoms with Gasteiger partial charge in [-0.25, -0.2) is 0 Å². The molecule has 1 aromatic rings. The number of amides is 2. The second-order valence-corrected chi connectivity index (χ2v) is 7.77. The largest absolute Gasteiger partial charge is 0.349 e. The molecule has 1 aliphatic carbocycles. The monoisotopic (exact) mass is 357 g/mol. The normalized spacial score (nSPS) is 19.3. The van der Waals surface area contributed by atoms with Crippen LogP contribution in [-0.4, -0.2) is 40.8 Å². The fraction of sp³-hybridized carbons (Fsp3) is 0.667. The Hall–Kier alpha value is -1.91. The molecule has 2 amide bonds. The quantitative estimate of drug-likeness (QED) is 0.847. The molecule has 3 rings (SSSR count). The first-order valence-corrected chi connectivity index (χ1v) is 10.2. The summed E-state index contributed by atoms with van der Waals surface area (Å²) < 4.78 is 0. The van der Waals surface area contributed by atoms with Crippen molar-refractivity contribution >= 4 is 11.8 Å². The first-order chi connectivity index (χ1) is 12.7. The van der Waals surface area contributed by atoms with Gasteiger partial charge < -0.3 is 10.2 Å². The average molecular weight is 357 g/mol. The molecule has 1 N–H and O–H groups in total. The minimum atomic E-state index is -0.0737. The van der Waals surface area contributed by atoms with E-state index in [0.717, 1.165) is 38.3 Å². The number of nitrogens with zero attached hydrogens (tertiary/aromatic N) is 2. The van der Waals surface area contributed by atoms with Gasteiger partial charge in [-0.15, -0.1) is 0 Å². The molecule has 0 atom stereocenters. The number of carbonyl (C=O) groups excluding carboxylic acids is 2. The lowest BCUT2D eigenvalue weighted by atomic mass is 9.86. The molecular weight excluding hydrogens is 326 g/mol. The van der Waals surface area contributed by atoms with Crippen LogP contribution in [0, 0.1) is 5.92 Å². The third-order valence-electron chi connectivity index (χ3n) is 5.83. The average Bonchev–Trinajstić information content (AvgIpc) is 2.70. The second-order valence-electron chi connectivity index (χ2n) is 7.77. The summed E-state index contributed by atoms with van der Waals surface area (Å²) >= 11 is 0. The van der Waals surface area contributed by atoms with E-state index < -0.39 is 0 Å². The molecule has 2 fully saturated rings. The Labute approximate surface area is 156 Å². The zero-order valence-electron chi connectivity index (χ0n) is 15.7. The number of pyridine rings is 1. The topological polar surface area (TPSA) is 62.3 Å². The minimum absolute atomic E-state index is 0.0737. The van der Waals surface area contributed by atoms with Crippen LogP contribution in [0.1, 0.15) is 74.6 Å². The van der Waals surface area contributed by atoms with Crippen molar-refractivity contribution in [2.75, 3.05) is 13.1 Å². The number of hydrogen-bond acceptors (Lipinski definition) is 3. The van der Waals surface area contributed by atoms with Gasteiger partial charge in [0.2, 0.25) is 5.91 Å². The van der Waals surface area contributed by atoms with E-state index >= 15 is 0 Å². The van der Waals surface area contributed by atoms with E-state index in [4.69, 9.17) is 0 Å². The molecule has 2 heterocycles. The van der Waals surface area contributed by atoms with Crippen molar-refractivity contribution in [1.29, 1.82) is 0 Å². The number of aromatic nitrogens is 1. The van der Waals surface area contributed by atoms with Crippen molar-refractivity contribution in [3.05, 3.63) is 30.1 Å². The Morgan fingerprint density at radius 3 is 2.58 bits per heavy atom. The highest BCUT2D eigenvalue weighted by Gasteiger charge is 2.24. The van der Waals surface area contributed by atoms with Crippen LogP contribution >= 0.6 is 0 Å². The van der Waals surface area contributed by atoms with Crippen molar-refractivity contribution < 1.29 is 9.59 Å². The molecule has 0 radical (unpaired) electrons. The summed E-state index contributed by atoms with van der Waals surface area (Å²) in [7, 11) is 0. The maximum Gasteiger partial charge on any atom is 0.253 e. The van der Waals surface area contributed by atoms with Gasteiger partial charge in [0.15, 0.2) is 0 Å². The molecule has 0 unspecified atom stereocenters. The fourth-order valence-corrected chi connectivity index (χ4v) is 4.21. The summed E-state index contributed by atoms with van der Waals surface area (Å²) in [4.78, 5) is 30.6. The van der Waals surface area contributed by atoms with Crippen LogP contribution in [-0.2, 0) is 4.79 Å². The van der Waals surface area contributed by atoms with Gasteiger partial charge in [0.05, 0.1) is 5.56 Å². The number of rotatable bonds is 6. The summed E-state index contributed by atoms with van der Waals surface area (Å²) in [6.45, 7) is 1.50. The first-order valence-electron chi connectivity index (χ1n) is 10.2. The smallest absolute Gasteiger partial charge is 0.253 e. The van der Waals surface area contributed by atoms with E-state index in [1.54, 1.807) is 24.5 Å². The molecule has 26 heavy (non-hydrogen) atoms. The fourth-order valence-electron chi connectivity index (χ4n) is 4.21. The highest BCUT2D eigenvalue weighted by Crippen LogP contribution is 2.28. The van der Waals surface area contributed by atoms with Gasteiger partial charge in [-0.05, 0) is 43.7 Å². The molecule has 1 saturated heterocycles. The SMILES string of the molecule is O=C(NC1CCN(C(=O)CCCC2CCCCC2)CC1)c1cccnc1. The van der Waals surface area contributed by atoms with E-state index in [1.807, 2.05) is 4.90 Å². The zero-order chi connectivity index (χ0) is 18.2. The number of hydrogen-bond donors (Lipinski definition) is 1. The Bertz CT molecular complexity index is 576. The van der Waals surface area contributed by atoms with Gasteiger partial charge >= 0.3 is 0 Å². The van der Waals surface area contributed by atoms with Crippen LogP contribution in [0.25, 0.3) is 0 Å². The molecule has 0 spiro atoms. The molecule has 5 nitrogen and oxygen atoms in total. The van der Waals surface area contributed by atoms with Gasteiger partial charge in [0.25, 0.3) is 5.91 Å². The summed E-state index contributed by atoms with van der Waals surface area (Å²) in [6, 6.07) is 3.69. The van der Waals surface area contributed by atoms with Crippen LogP contribution in [0.3, 0.4) is 0 Å². The second kappa shape index (κ2) is 9.70. The number of piperidine rings is 1. The van der Waals surface area contributed by atoms with Crippen LogP contribution in [0.5, 0.6) is 0 Å². The summed E-state index contributed by atoms with van der Waals surface area (Å²) in [5.74, 6) is 1.07. The maximum atomic E-state index is 12.4.